The van der Waals surface area contributed by atoms with Crippen LogP contribution in [0.25, 0.3) is 11.3 Å². The van der Waals surface area contributed by atoms with Gasteiger partial charge in [-0.2, -0.15) is 0 Å². The third-order valence-electron chi connectivity index (χ3n) is 2.72. The number of hydrogen-bond donors (Lipinski definition) is 4. The summed E-state index contributed by atoms with van der Waals surface area (Å²) in [6, 6.07) is 8.98. The van der Waals surface area contributed by atoms with E-state index in [1.165, 1.54) is 0 Å². The van der Waals surface area contributed by atoms with Crippen LogP contribution in [0.1, 0.15) is 5.69 Å². The Labute approximate surface area is 116 Å². The Hall–Kier alpha value is -2.27. The molecule has 0 aliphatic rings. The fourth-order valence-electron chi connectivity index (χ4n) is 1.71. The van der Waals surface area contributed by atoms with Gasteiger partial charge in [0.1, 0.15) is 11.5 Å². The number of benzene rings is 1. The number of nitrogens with zero attached hydrogens (tertiary/aromatic N) is 1. The molecular formula is C13H14ClN5. The van der Waals surface area contributed by atoms with Crippen LogP contribution in [0, 0.1) is 5.41 Å². The predicted octanol–water partition coefficient (Wildman–Crippen LogP) is 2.31. The topological polar surface area (TPSA) is 101 Å². The standard InChI is InChI=1S/C13H14ClN5/c1-18-7-2-3-8(9(14)6-7)11-5-4-10(15)12(19-11)13(16)17/h2-6,18H,15H2,1H3,(H3,16,17). The van der Waals surface area contributed by atoms with E-state index in [-0.39, 0.29) is 11.5 Å². The molecule has 98 valence electrons. The Balaban J connectivity index is 2.53. The maximum atomic E-state index is 7.45. The summed E-state index contributed by atoms with van der Waals surface area (Å²) in [4.78, 5) is 4.28. The molecule has 0 saturated carbocycles. The molecule has 5 nitrogen and oxygen atoms in total. The molecule has 0 spiro atoms. The van der Waals surface area contributed by atoms with Crippen LogP contribution in [0.15, 0.2) is 30.3 Å². The van der Waals surface area contributed by atoms with E-state index < -0.39 is 0 Å². The van der Waals surface area contributed by atoms with Gasteiger partial charge in [-0.15, -0.1) is 0 Å². The van der Waals surface area contributed by atoms with Crippen molar-refractivity contribution in [1.29, 1.82) is 5.41 Å². The average molecular weight is 276 g/mol. The summed E-state index contributed by atoms with van der Waals surface area (Å²) in [6.45, 7) is 0. The lowest BCUT2D eigenvalue weighted by molar-refractivity contribution is 1.26. The van der Waals surface area contributed by atoms with E-state index in [1.54, 1.807) is 12.1 Å². The summed E-state index contributed by atoms with van der Waals surface area (Å²) in [7, 11) is 1.82. The van der Waals surface area contributed by atoms with Crippen LogP contribution < -0.4 is 16.8 Å². The zero-order valence-corrected chi connectivity index (χ0v) is 11.1. The van der Waals surface area contributed by atoms with Gasteiger partial charge in [-0.25, -0.2) is 4.98 Å². The van der Waals surface area contributed by atoms with E-state index in [4.69, 9.17) is 28.5 Å². The van der Waals surface area contributed by atoms with Crippen LogP contribution in [0.4, 0.5) is 11.4 Å². The van der Waals surface area contributed by atoms with Gasteiger partial charge in [0.2, 0.25) is 0 Å². The highest BCUT2D eigenvalue weighted by molar-refractivity contribution is 6.33. The molecule has 1 aromatic heterocycles. The second-order valence-electron chi connectivity index (χ2n) is 3.99. The summed E-state index contributed by atoms with van der Waals surface area (Å²) in [5, 5.41) is 11.0. The minimum absolute atomic E-state index is 0.165. The lowest BCUT2D eigenvalue weighted by atomic mass is 10.1. The minimum atomic E-state index is -0.165. The van der Waals surface area contributed by atoms with Gasteiger partial charge in [-0.05, 0) is 30.3 Å². The molecule has 0 fully saturated rings. The Morgan fingerprint density at radius 2 is 2.05 bits per heavy atom. The predicted molar refractivity (Wildman–Crippen MR) is 79.7 cm³/mol. The summed E-state index contributed by atoms with van der Waals surface area (Å²) in [5.74, 6) is -0.165. The summed E-state index contributed by atoms with van der Waals surface area (Å²) >= 11 is 6.22. The average Bonchev–Trinajstić information content (AvgIpc) is 2.39. The van der Waals surface area contributed by atoms with Crippen molar-refractivity contribution in [3.63, 3.8) is 0 Å². The van der Waals surface area contributed by atoms with Crippen molar-refractivity contribution in [3.8, 4) is 11.3 Å². The van der Waals surface area contributed by atoms with Crippen LogP contribution in [-0.2, 0) is 0 Å². The van der Waals surface area contributed by atoms with Crippen LogP contribution in [-0.4, -0.2) is 17.9 Å². The molecule has 0 aliphatic heterocycles. The number of anilines is 2. The number of pyridine rings is 1. The Morgan fingerprint density at radius 3 is 2.63 bits per heavy atom. The molecule has 0 bridgehead atoms. The molecule has 0 saturated heterocycles. The fraction of sp³-hybridized carbons (Fsp3) is 0.0769. The number of amidine groups is 1. The van der Waals surface area contributed by atoms with Gasteiger partial charge in [-0.1, -0.05) is 11.6 Å². The smallest absolute Gasteiger partial charge is 0.143 e. The summed E-state index contributed by atoms with van der Waals surface area (Å²) in [6.07, 6.45) is 0. The molecule has 0 amide bonds. The maximum absolute atomic E-state index is 7.45. The number of nitrogens with one attached hydrogen (secondary N) is 2. The Bertz CT molecular complexity index is 639. The third kappa shape index (κ3) is 2.61. The van der Waals surface area contributed by atoms with Crippen LogP contribution in [0.2, 0.25) is 5.02 Å². The number of aromatic nitrogens is 1. The first-order chi connectivity index (χ1) is 9.02. The number of nitrogen functional groups attached to an aromatic ring is 2. The van der Waals surface area contributed by atoms with Gasteiger partial charge in [0.25, 0.3) is 0 Å². The summed E-state index contributed by atoms with van der Waals surface area (Å²) < 4.78 is 0. The molecule has 0 atom stereocenters. The lowest BCUT2D eigenvalue weighted by Gasteiger charge is -2.09. The van der Waals surface area contributed by atoms with Gasteiger partial charge in [-0.3, -0.25) is 5.41 Å². The quantitative estimate of drug-likeness (QED) is 0.510. The number of rotatable bonds is 3. The molecule has 1 heterocycles. The van der Waals surface area contributed by atoms with Crippen molar-refractivity contribution in [1.82, 2.24) is 4.98 Å². The lowest BCUT2D eigenvalue weighted by Crippen LogP contribution is -2.16. The second-order valence-corrected chi connectivity index (χ2v) is 4.40. The van der Waals surface area contributed by atoms with Gasteiger partial charge in [0.05, 0.1) is 16.4 Å². The van der Waals surface area contributed by atoms with Crippen molar-refractivity contribution < 1.29 is 0 Å². The van der Waals surface area contributed by atoms with Crippen molar-refractivity contribution >= 4 is 28.8 Å². The first-order valence-electron chi connectivity index (χ1n) is 5.61. The summed E-state index contributed by atoms with van der Waals surface area (Å²) in [5.41, 5.74) is 14.1. The molecule has 0 aliphatic carbocycles. The largest absolute Gasteiger partial charge is 0.397 e. The van der Waals surface area contributed by atoms with Crippen molar-refractivity contribution in [2.45, 2.75) is 0 Å². The molecule has 6 N–H and O–H groups in total. The van der Waals surface area contributed by atoms with E-state index in [1.807, 2.05) is 25.2 Å². The minimum Gasteiger partial charge on any atom is -0.397 e. The molecule has 2 rings (SSSR count). The first kappa shape index (κ1) is 13.2. The van der Waals surface area contributed by atoms with Gasteiger partial charge in [0, 0.05) is 18.3 Å². The van der Waals surface area contributed by atoms with E-state index >= 15 is 0 Å². The third-order valence-corrected chi connectivity index (χ3v) is 3.03. The normalized spacial score (nSPS) is 10.2. The molecule has 0 radical (unpaired) electrons. The molecule has 19 heavy (non-hydrogen) atoms. The number of halogens is 1. The molecule has 1 aromatic carbocycles. The van der Waals surface area contributed by atoms with Crippen LogP contribution in [0.3, 0.4) is 0 Å². The zero-order valence-electron chi connectivity index (χ0n) is 10.4. The monoisotopic (exact) mass is 275 g/mol. The van der Waals surface area contributed by atoms with Crippen molar-refractivity contribution in [2.24, 2.45) is 5.73 Å². The highest BCUT2D eigenvalue weighted by Gasteiger charge is 2.10. The zero-order chi connectivity index (χ0) is 14.0. The van der Waals surface area contributed by atoms with Crippen LogP contribution in [0.5, 0.6) is 0 Å². The van der Waals surface area contributed by atoms with Crippen LogP contribution >= 0.6 is 11.6 Å². The molecule has 2 aromatic rings. The van der Waals surface area contributed by atoms with Gasteiger partial charge in [0.15, 0.2) is 0 Å². The van der Waals surface area contributed by atoms with Crippen molar-refractivity contribution in [3.05, 3.63) is 41.0 Å². The first-order valence-corrected chi connectivity index (χ1v) is 5.99. The Morgan fingerprint density at radius 1 is 1.32 bits per heavy atom. The van der Waals surface area contributed by atoms with E-state index in [2.05, 4.69) is 10.3 Å². The van der Waals surface area contributed by atoms with E-state index in [0.717, 1.165) is 11.3 Å². The second kappa shape index (κ2) is 5.16. The SMILES string of the molecule is CNc1ccc(-c2ccc(N)c(C(=N)N)n2)c(Cl)c1. The highest BCUT2D eigenvalue weighted by Crippen LogP contribution is 2.30. The fourth-order valence-corrected chi connectivity index (χ4v) is 1.99. The number of hydrogen-bond acceptors (Lipinski definition) is 4. The number of nitrogens with two attached hydrogens (primary N) is 2. The molecular weight excluding hydrogens is 262 g/mol. The maximum Gasteiger partial charge on any atom is 0.143 e. The molecule has 6 heteroatoms. The van der Waals surface area contributed by atoms with Crippen molar-refractivity contribution in [2.75, 3.05) is 18.1 Å². The van der Waals surface area contributed by atoms with E-state index in [9.17, 15) is 0 Å². The Kier molecular flexibility index (Phi) is 3.57. The van der Waals surface area contributed by atoms with Gasteiger partial charge < -0.3 is 16.8 Å². The van der Waals surface area contributed by atoms with E-state index in [0.29, 0.717) is 16.4 Å². The highest BCUT2D eigenvalue weighted by atomic mass is 35.5. The molecule has 0 unspecified atom stereocenters. The van der Waals surface area contributed by atoms with Gasteiger partial charge >= 0.3 is 0 Å².